The summed E-state index contributed by atoms with van der Waals surface area (Å²) in [5, 5.41) is 4.29. The Hall–Kier alpha value is -1.39. The second-order valence-corrected chi connectivity index (χ2v) is 6.08. The normalized spacial score (nSPS) is 14.5. The zero-order chi connectivity index (χ0) is 13.9. The fourth-order valence-electron chi connectivity index (χ4n) is 2.57. The Balaban J connectivity index is 1.90. The van der Waals surface area contributed by atoms with Gasteiger partial charge < -0.3 is 10.6 Å². The molecular weight excluding hydrogens is 271 g/mol. The van der Waals surface area contributed by atoms with E-state index < -0.39 is 0 Å². The van der Waals surface area contributed by atoms with Gasteiger partial charge in [-0.3, -0.25) is 0 Å². The first-order valence-electron chi connectivity index (χ1n) is 7.04. The molecule has 1 aromatic heterocycles. The van der Waals surface area contributed by atoms with Crippen LogP contribution in [0.1, 0.15) is 24.0 Å². The molecular formula is C16H19FN2S. The van der Waals surface area contributed by atoms with Crippen LogP contribution in [0.4, 0.5) is 10.1 Å². The van der Waals surface area contributed by atoms with Crippen LogP contribution in [0.5, 0.6) is 0 Å². The third-order valence-corrected chi connectivity index (χ3v) is 4.42. The fourth-order valence-corrected chi connectivity index (χ4v) is 3.23. The Morgan fingerprint density at radius 3 is 2.80 bits per heavy atom. The van der Waals surface area contributed by atoms with Crippen molar-refractivity contribution in [2.24, 2.45) is 5.73 Å². The van der Waals surface area contributed by atoms with E-state index >= 15 is 0 Å². The molecule has 3 rings (SSSR count). The molecule has 1 aliphatic carbocycles. The summed E-state index contributed by atoms with van der Waals surface area (Å²) in [5.74, 6) is -0.177. The van der Waals surface area contributed by atoms with Crippen LogP contribution < -0.4 is 10.6 Å². The van der Waals surface area contributed by atoms with Crippen molar-refractivity contribution in [1.82, 2.24) is 0 Å². The van der Waals surface area contributed by atoms with Gasteiger partial charge in [0.2, 0.25) is 0 Å². The van der Waals surface area contributed by atoms with Gasteiger partial charge in [0, 0.05) is 18.3 Å². The summed E-state index contributed by atoms with van der Waals surface area (Å²) in [6.45, 7) is 1.45. The highest BCUT2D eigenvalue weighted by atomic mass is 32.1. The van der Waals surface area contributed by atoms with Gasteiger partial charge in [-0.05, 0) is 72.0 Å². The van der Waals surface area contributed by atoms with E-state index in [0.717, 1.165) is 24.2 Å². The maximum Gasteiger partial charge on any atom is 0.123 e. The molecule has 1 aromatic carbocycles. The zero-order valence-corrected chi connectivity index (χ0v) is 12.2. The van der Waals surface area contributed by atoms with Gasteiger partial charge in [-0.1, -0.05) is 0 Å². The number of hydrogen-bond donors (Lipinski definition) is 1. The molecule has 2 aromatic rings. The molecule has 20 heavy (non-hydrogen) atoms. The van der Waals surface area contributed by atoms with Crippen LogP contribution >= 0.6 is 11.3 Å². The highest BCUT2D eigenvalue weighted by Crippen LogP contribution is 2.35. The fraction of sp³-hybridized carbons (Fsp3) is 0.375. The van der Waals surface area contributed by atoms with Crippen LogP contribution in [0, 0.1) is 5.82 Å². The van der Waals surface area contributed by atoms with Crippen molar-refractivity contribution < 1.29 is 4.39 Å². The van der Waals surface area contributed by atoms with E-state index in [-0.39, 0.29) is 5.82 Å². The van der Waals surface area contributed by atoms with Gasteiger partial charge in [0.25, 0.3) is 0 Å². The second kappa shape index (κ2) is 5.94. The molecule has 0 bridgehead atoms. The lowest BCUT2D eigenvalue weighted by Crippen LogP contribution is -2.26. The molecule has 2 nitrogen and oxygen atoms in total. The third kappa shape index (κ3) is 3.02. The Morgan fingerprint density at radius 1 is 1.30 bits per heavy atom. The van der Waals surface area contributed by atoms with Crippen LogP contribution in [-0.2, 0) is 13.0 Å². The molecule has 0 aliphatic heterocycles. The van der Waals surface area contributed by atoms with E-state index in [1.807, 2.05) is 6.07 Å². The monoisotopic (exact) mass is 290 g/mol. The van der Waals surface area contributed by atoms with Crippen LogP contribution in [0.25, 0.3) is 0 Å². The lowest BCUT2D eigenvalue weighted by Gasteiger charge is -2.27. The quantitative estimate of drug-likeness (QED) is 0.881. The molecule has 106 valence electrons. The van der Waals surface area contributed by atoms with Gasteiger partial charge in [0.15, 0.2) is 0 Å². The average molecular weight is 290 g/mol. The van der Waals surface area contributed by atoms with Gasteiger partial charge in [-0.15, -0.1) is 0 Å². The highest BCUT2D eigenvalue weighted by Gasteiger charge is 2.30. The molecule has 0 saturated heterocycles. The third-order valence-electron chi connectivity index (χ3n) is 3.69. The predicted octanol–water partition coefficient (Wildman–Crippen LogP) is 3.56. The molecule has 2 N–H and O–H groups in total. The SMILES string of the molecule is NCCc1cc(F)ccc1N(Cc1ccsc1)C1CC1. The van der Waals surface area contributed by atoms with Gasteiger partial charge in [0.05, 0.1) is 0 Å². The number of benzene rings is 1. The first kappa shape index (κ1) is 13.6. The molecule has 0 unspecified atom stereocenters. The van der Waals surface area contributed by atoms with Crippen molar-refractivity contribution in [3.05, 3.63) is 52.0 Å². The van der Waals surface area contributed by atoms with Crippen molar-refractivity contribution in [2.45, 2.75) is 31.8 Å². The predicted molar refractivity (Wildman–Crippen MR) is 82.7 cm³/mol. The maximum atomic E-state index is 13.5. The summed E-state index contributed by atoms with van der Waals surface area (Å²) in [7, 11) is 0. The van der Waals surface area contributed by atoms with Gasteiger partial charge in [-0.25, -0.2) is 4.39 Å². The molecule has 0 radical (unpaired) electrons. The maximum absolute atomic E-state index is 13.5. The lowest BCUT2D eigenvalue weighted by molar-refractivity contribution is 0.624. The summed E-state index contributed by atoms with van der Waals surface area (Å²) in [6, 6.07) is 7.85. The molecule has 0 atom stereocenters. The summed E-state index contributed by atoms with van der Waals surface area (Å²) in [5.41, 5.74) is 9.16. The summed E-state index contributed by atoms with van der Waals surface area (Å²) in [4.78, 5) is 2.41. The van der Waals surface area contributed by atoms with Crippen LogP contribution in [0.2, 0.25) is 0 Å². The Labute approximate surface area is 123 Å². The minimum atomic E-state index is -0.177. The van der Waals surface area contributed by atoms with E-state index in [2.05, 4.69) is 21.7 Å². The van der Waals surface area contributed by atoms with Gasteiger partial charge in [0.1, 0.15) is 5.82 Å². The van der Waals surface area contributed by atoms with E-state index in [1.54, 1.807) is 23.5 Å². The van der Waals surface area contributed by atoms with E-state index in [4.69, 9.17) is 5.73 Å². The van der Waals surface area contributed by atoms with Crippen molar-refractivity contribution in [3.63, 3.8) is 0 Å². The number of rotatable bonds is 6. The summed E-state index contributed by atoms with van der Waals surface area (Å²) in [6.07, 6.45) is 3.17. The topological polar surface area (TPSA) is 29.3 Å². The van der Waals surface area contributed by atoms with Crippen molar-refractivity contribution >= 4 is 17.0 Å². The molecule has 0 amide bonds. The van der Waals surface area contributed by atoms with Crippen molar-refractivity contribution in [1.29, 1.82) is 0 Å². The minimum Gasteiger partial charge on any atom is -0.364 e. The summed E-state index contributed by atoms with van der Waals surface area (Å²) < 4.78 is 13.5. The van der Waals surface area contributed by atoms with Gasteiger partial charge in [-0.2, -0.15) is 11.3 Å². The van der Waals surface area contributed by atoms with Crippen LogP contribution in [-0.4, -0.2) is 12.6 Å². The smallest absolute Gasteiger partial charge is 0.123 e. The molecule has 4 heteroatoms. The van der Waals surface area contributed by atoms with Crippen molar-refractivity contribution in [3.8, 4) is 0 Å². The number of nitrogens with two attached hydrogens (primary N) is 1. The Bertz CT molecular complexity index is 564. The molecule has 1 fully saturated rings. The molecule has 0 spiro atoms. The number of nitrogens with zero attached hydrogens (tertiary/aromatic N) is 1. The van der Waals surface area contributed by atoms with Gasteiger partial charge >= 0.3 is 0 Å². The van der Waals surface area contributed by atoms with Crippen LogP contribution in [0.3, 0.4) is 0 Å². The Kier molecular flexibility index (Phi) is 4.03. The van der Waals surface area contributed by atoms with Crippen LogP contribution in [0.15, 0.2) is 35.0 Å². The molecule has 1 aliphatic rings. The van der Waals surface area contributed by atoms with Crippen molar-refractivity contribution in [2.75, 3.05) is 11.4 Å². The lowest BCUT2D eigenvalue weighted by atomic mass is 10.1. The van der Waals surface area contributed by atoms with E-state index in [0.29, 0.717) is 12.6 Å². The first-order chi connectivity index (χ1) is 9.78. The zero-order valence-electron chi connectivity index (χ0n) is 11.4. The molecule has 1 saturated carbocycles. The standard InChI is InChI=1S/C16H19FN2S/c17-14-1-4-16(13(9-14)5-7-18)19(15-2-3-15)10-12-6-8-20-11-12/h1,4,6,8-9,11,15H,2-3,5,7,10,18H2. The van der Waals surface area contributed by atoms with E-state index in [9.17, 15) is 4.39 Å². The van der Waals surface area contributed by atoms with E-state index in [1.165, 1.54) is 18.4 Å². The first-order valence-corrected chi connectivity index (χ1v) is 7.98. The number of thiophene rings is 1. The highest BCUT2D eigenvalue weighted by molar-refractivity contribution is 7.07. The molecule has 1 heterocycles. The summed E-state index contributed by atoms with van der Waals surface area (Å²) >= 11 is 1.72. The minimum absolute atomic E-state index is 0.177. The number of hydrogen-bond acceptors (Lipinski definition) is 3. The average Bonchev–Trinajstić information content (AvgIpc) is 3.15. The number of anilines is 1. The second-order valence-electron chi connectivity index (χ2n) is 5.30. The Morgan fingerprint density at radius 2 is 2.15 bits per heavy atom. The largest absolute Gasteiger partial charge is 0.364 e. The number of halogens is 1.